The van der Waals surface area contributed by atoms with Crippen LogP contribution in [0.5, 0.6) is 0 Å². The fourth-order valence-electron chi connectivity index (χ4n) is 2.56. The molecule has 2 rings (SSSR count). The first-order chi connectivity index (χ1) is 12.1. The molecule has 0 spiro atoms. The van der Waals surface area contributed by atoms with Gasteiger partial charge in [0.2, 0.25) is 10.0 Å². The number of rotatable bonds is 7. The molecule has 0 unspecified atom stereocenters. The van der Waals surface area contributed by atoms with Gasteiger partial charge in [0.1, 0.15) is 5.82 Å². The number of nitrogens with one attached hydrogen (secondary N) is 1. The van der Waals surface area contributed by atoms with Gasteiger partial charge >= 0.3 is 0 Å². The molecule has 0 saturated heterocycles. The quantitative estimate of drug-likeness (QED) is 0.738. The highest BCUT2D eigenvalue weighted by atomic mass is 32.2. The third kappa shape index (κ3) is 4.67. The molecular weight excluding hydrogens is 359 g/mol. The Labute approximate surface area is 152 Å². The fourth-order valence-corrected chi connectivity index (χ4v) is 3.02. The summed E-state index contributed by atoms with van der Waals surface area (Å²) in [5.41, 5.74) is 2.35. The zero-order valence-electron chi connectivity index (χ0n) is 15.3. The number of hydrogen-bond donors (Lipinski definition) is 1. The molecule has 0 fully saturated rings. The summed E-state index contributed by atoms with van der Waals surface area (Å²) in [6.45, 7) is 4.18. The van der Waals surface area contributed by atoms with Crippen molar-refractivity contribution in [3.63, 3.8) is 0 Å². The number of halogens is 1. The van der Waals surface area contributed by atoms with Crippen molar-refractivity contribution in [1.82, 2.24) is 19.4 Å². The molecule has 0 saturated carbocycles. The van der Waals surface area contributed by atoms with Crippen LogP contribution in [0.2, 0.25) is 0 Å². The number of aryl methyl sites for hydroxylation is 1. The molecule has 0 aliphatic heterocycles. The van der Waals surface area contributed by atoms with Crippen molar-refractivity contribution in [1.29, 1.82) is 0 Å². The topological polar surface area (TPSA) is 84.3 Å². The standard InChI is InChI=1S/C17H23FN4O3S/c1-12-16(17(23)19-10-5-11-21(3)26(4,24)25)13(2)22(20-12)15-8-6-14(18)7-9-15/h6-9H,5,10-11H2,1-4H3,(H,19,23). The largest absolute Gasteiger partial charge is 0.352 e. The van der Waals surface area contributed by atoms with E-state index in [4.69, 9.17) is 0 Å². The summed E-state index contributed by atoms with van der Waals surface area (Å²) in [4.78, 5) is 12.5. The summed E-state index contributed by atoms with van der Waals surface area (Å²) in [5, 5.41) is 7.15. The highest BCUT2D eigenvalue weighted by Crippen LogP contribution is 2.18. The molecule has 1 heterocycles. The van der Waals surface area contributed by atoms with Crippen molar-refractivity contribution in [2.24, 2.45) is 0 Å². The Kier molecular flexibility index (Phi) is 6.14. The molecule has 2 aromatic rings. The van der Waals surface area contributed by atoms with E-state index in [0.717, 1.165) is 6.26 Å². The Hall–Kier alpha value is -2.26. The smallest absolute Gasteiger partial charge is 0.255 e. The van der Waals surface area contributed by atoms with Crippen LogP contribution in [0.25, 0.3) is 5.69 Å². The van der Waals surface area contributed by atoms with E-state index in [1.54, 1.807) is 30.7 Å². The third-order valence-electron chi connectivity index (χ3n) is 4.09. The van der Waals surface area contributed by atoms with E-state index >= 15 is 0 Å². The van der Waals surface area contributed by atoms with E-state index in [9.17, 15) is 17.6 Å². The van der Waals surface area contributed by atoms with Crippen LogP contribution in [0.3, 0.4) is 0 Å². The number of carbonyl (C=O) groups excluding carboxylic acids is 1. The van der Waals surface area contributed by atoms with Gasteiger partial charge in [0.15, 0.2) is 0 Å². The predicted molar refractivity (Wildman–Crippen MR) is 97.4 cm³/mol. The van der Waals surface area contributed by atoms with Gasteiger partial charge in [-0.3, -0.25) is 4.79 Å². The molecule has 0 aliphatic carbocycles. The van der Waals surface area contributed by atoms with Gasteiger partial charge < -0.3 is 5.32 Å². The zero-order valence-corrected chi connectivity index (χ0v) is 16.1. The molecule has 1 N–H and O–H groups in total. The van der Waals surface area contributed by atoms with Gasteiger partial charge in [-0.2, -0.15) is 5.10 Å². The molecule has 26 heavy (non-hydrogen) atoms. The van der Waals surface area contributed by atoms with E-state index in [1.165, 1.54) is 23.5 Å². The Balaban J connectivity index is 2.04. The maximum absolute atomic E-state index is 13.1. The van der Waals surface area contributed by atoms with E-state index < -0.39 is 10.0 Å². The molecule has 142 valence electrons. The summed E-state index contributed by atoms with van der Waals surface area (Å²) < 4.78 is 38.6. The lowest BCUT2D eigenvalue weighted by atomic mass is 10.2. The lowest BCUT2D eigenvalue weighted by Gasteiger charge is -2.13. The van der Waals surface area contributed by atoms with Crippen LogP contribution in [0.4, 0.5) is 4.39 Å². The Morgan fingerprint density at radius 1 is 1.27 bits per heavy atom. The monoisotopic (exact) mass is 382 g/mol. The lowest BCUT2D eigenvalue weighted by molar-refractivity contribution is 0.0951. The molecule has 1 aromatic heterocycles. The minimum Gasteiger partial charge on any atom is -0.352 e. The van der Waals surface area contributed by atoms with Crippen LogP contribution in [0.15, 0.2) is 24.3 Å². The minimum atomic E-state index is -3.22. The van der Waals surface area contributed by atoms with Crippen molar-refractivity contribution >= 4 is 15.9 Å². The molecule has 0 atom stereocenters. The number of aromatic nitrogens is 2. The van der Waals surface area contributed by atoms with Gasteiger partial charge in [-0.15, -0.1) is 0 Å². The highest BCUT2D eigenvalue weighted by Gasteiger charge is 2.19. The Bertz CT molecular complexity index is 891. The first kappa shape index (κ1) is 20.1. The highest BCUT2D eigenvalue weighted by molar-refractivity contribution is 7.88. The van der Waals surface area contributed by atoms with Crippen molar-refractivity contribution in [2.45, 2.75) is 20.3 Å². The second-order valence-corrected chi connectivity index (χ2v) is 8.22. The van der Waals surface area contributed by atoms with Crippen molar-refractivity contribution in [3.8, 4) is 5.69 Å². The van der Waals surface area contributed by atoms with Gasteiger partial charge in [0.05, 0.1) is 28.9 Å². The summed E-state index contributed by atoms with van der Waals surface area (Å²) in [6.07, 6.45) is 1.64. The summed E-state index contributed by atoms with van der Waals surface area (Å²) in [6, 6.07) is 5.86. The molecular formula is C17H23FN4O3S. The van der Waals surface area contributed by atoms with Crippen molar-refractivity contribution in [2.75, 3.05) is 26.4 Å². The van der Waals surface area contributed by atoms with Crippen molar-refractivity contribution < 1.29 is 17.6 Å². The van der Waals surface area contributed by atoms with E-state index in [-0.39, 0.29) is 11.7 Å². The number of sulfonamides is 1. The maximum Gasteiger partial charge on any atom is 0.255 e. The van der Waals surface area contributed by atoms with Crippen LogP contribution < -0.4 is 5.32 Å². The van der Waals surface area contributed by atoms with Crippen molar-refractivity contribution in [3.05, 3.63) is 47.0 Å². The summed E-state index contributed by atoms with van der Waals surface area (Å²) >= 11 is 0. The van der Waals surface area contributed by atoms with E-state index in [1.807, 2.05) is 0 Å². The molecule has 7 nitrogen and oxygen atoms in total. The van der Waals surface area contributed by atoms with E-state index in [0.29, 0.717) is 42.1 Å². The SMILES string of the molecule is Cc1nn(-c2ccc(F)cc2)c(C)c1C(=O)NCCCN(C)S(C)(=O)=O. The number of benzene rings is 1. The molecule has 0 aliphatic rings. The zero-order chi connectivity index (χ0) is 19.5. The number of carbonyl (C=O) groups is 1. The lowest BCUT2D eigenvalue weighted by Crippen LogP contribution is -2.31. The second kappa shape index (κ2) is 7.96. The van der Waals surface area contributed by atoms with Crippen LogP contribution in [0, 0.1) is 19.7 Å². The first-order valence-corrected chi connectivity index (χ1v) is 9.97. The minimum absolute atomic E-state index is 0.268. The number of amides is 1. The van der Waals surface area contributed by atoms with Gasteiger partial charge in [-0.1, -0.05) is 0 Å². The predicted octanol–water partition coefficient (Wildman–Crippen LogP) is 1.64. The van der Waals surface area contributed by atoms with Crippen LogP contribution in [-0.4, -0.2) is 54.8 Å². The molecule has 0 radical (unpaired) electrons. The average Bonchev–Trinajstić information content (AvgIpc) is 2.85. The fraction of sp³-hybridized carbons (Fsp3) is 0.412. The van der Waals surface area contributed by atoms with Crippen LogP contribution >= 0.6 is 0 Å². The summed E-state index contributed by atoms with van der Waals surface area (Å²) in [7, 11) is -1.72. The molecule has 1 amide bonds. The number of nitrogens with zero attached hydrogens (tertiary/aromatic N) is 3. The van der Waals surface area contributed by atoms with E-state index in [2.05, 4.69) is 10.4 Å². The van der Waals surface area contributed by atoms with Gasteiger partial charge in [-0.25, -0.2) is 21.8 Å². The Morgan fingerprint density at radius 3 is 2.46 bits per heavy atom. The maximum atomic E-state index is 13.1. The Morgan fingerprint density at radius 2 is 1.88 bits per heavy atom. The normalized spacial score (nSPS) is 11.8. The van der Waals surface area contributed by atoms with Gasteiger partial charge in [0, 0.05) is 20.1 Å². The van der Waals surface area contributed by atoms with Crippen LogP contribution in [-0.2, 0) is 10.0 Å². The van der Waals surface area contributed by atoms with Gasteiger partial charge in [0.25, 0.3) is 5.91 Å². The third-order valence-corrected chi connectivity index (χ3v) is 5.41. The first-order valence-electron chi connectivity index (χ1n) is 8.13. The molecule has 0 bridgehead atoms. The molecule has 9 heteroatoms. The second-order valence-electron chi connectivity index (χ2n) is 6.13. The number of hydrogen-bond acceptors (Lipinski definition) is 4. The average molecular weight is 382 g/mol. The molecule has 1 aromatic carbocycles. The van der Waals surface area contributed by atoms with Crippen LogP contribution in [0.1, 0.15) is 28.2 Å². The summed E-state index contributed by atoms with van der Waals surface area (Å²) in [5.74, 6) is -0.609. The van der Waals surface area contributed by atoms with Gasteiger partial charge in [-0.05, 0) is 44.5 Å².